The zero-order valence-electron chi connectivity index (χ0n) is 12.5. The van der Waals surface area contributed by atoms with Gasteiger partial charge in [0.25, 0.3) is 0 Å². The third-order valence-corrected chi connectivity index (χ3v) is 3.20. The zero-order valence-corrected chi connectivity index (χ0v) is 14.1. The molecule has 21 heavy (non-hydrogen) atoms. The van der Waals surface area contributed by atoms with E-state index in [1.807, 2.05) is 18.2 Å². The molecule has 0 bridgehead atoms. The summed E-state index contributed by atoms with van der Waals surface area (Å²) >= 11 is 3.38. The van der Waals surface area contributed by atoms with Gasteiger partial charge in [0.2, 0.25) is 0 Å². The van der Waals surface area contributed by atoms with E-state index in [0.717, 1.165) is 10.0 Å². The van der Waals surface area contributed by atoms with Crippen LogP contribution in [0.3, 0.4) is 0 Å². The van der Waals surface area contributed by atoms with Crippen LogP contribution in [0.15, 0.2) is 22.7 Å². The molecule has 1 aromatic rings. The number of aliphatic hydroxyl groups excluding tert-OH is 1. The van der Waals surface area contributed by atoms with Gasteiger partial charge in [0, 0.05) is 17.1 Å². The normalized spacial score (nSPS) is 12.4. The van der Waals surface area contributed by atoms with Crippen LogP contribution < -0.4 is 4.74 Å². The second-order valence-electron chi connectivity index (χ2n) is 4.42. The molecule has 5 nitrogen and oxygen atoms in total. The lowest BCUT2D eigenvalue weighted by molar-refractivity contribution is 0.0177. The van der Waals surface area contributed by atoms with Crippen molar-refractivity contribution in [2.24, 2.45) is 0 Å². The predicted octanol–water partition coefficient (Wildman–Crippen LogP) is 2.56. The molecular weight excluding hydrogens is 340 g/mol. The second-order valence-corrected chi connectivity index (χ2v) is 5.34. The number of aliphatic hydroxyl groups is 1. The summed E-state index contributed by atoms with van der Waals surface area (Å²) in [5.41, 5.74) is 0.757. The number of halogens is 1. The molecule has 1 atom stereocenters. The molecule has 120 valence electrons. The minimum atomic E-state index is -0.576. The van der Waals surface area contributed by atoms with Crippen molar-refractivity contribution in [3.8, 4) is 5.75 Å². The molecule has 0 aliphatic rings. The molecule has 0 amide bonds. The van der Waals surface area contributed by atoms with Gasteiger partial charge < -0.3 is 24.1 Å². The molecule has 0 aliphatic carbocycles. The third kappa shape index (κ3) is 7.78. The fraction of sp³-hybridized carbons (Fsp3) is 0.600. The smallest absolute Gasteiger partial charge is 0.125 e. The van der Waals surface area contributed by atoms with Gasteiger partial charge in [0.15, 0.2) is 0 Å². The molecule has 6 heteroatoms. The molecule has 1 aromatic carbocycles. The Labute approximate surface area is 134 Å². The molecule has 0 aliphatic heterocycles. The second kappa shape index (κ2) is 11.0. The first-order chi connectivity index (χ1) is 10.1. The van der Waals surface area contributed by atoms with Crippen LogP contribution in [0.5, 0.6) is 5.75 Å². The van der Waals surface area contributed by atoms with Gasteiger partial charge in [-0.15, -0.1) is 0 Å². The van der Waals surface area contributed by atoms with Gasteiger partial charge in [-0.1, -0.05) is 15.9 Å². The van der Waals surface area contributed by atoms with Crippen molar-refractivity contribution in [1.29, 1.82) is 0 Å². The maximum Gasteiger partial charge on any atom is 0.125 e. The molecule has 1 unspecified atom stereocenters. The Hall–Kier alpha value is -0.660. The summed E-state index contributed by atoms with van der Waals surface area (Å²) in [7, 11) is 1.64. The summed E-state index contributed by atoms with van der Waals surface area (Å²) in [5, 5.41) is 9.71. The average molecular weight is 363 g/mol. The van der Waals surface area contributed by atoms with Gasteiger partial charge in [-0.05, 0) is 25.1 Å². The number of rotatable bonds is 11. The highest BCUT2D eigenvalue weighted by atomic mass is 79.9. The lowest BCUT2D eigenvalue weighted by Gasteiger charge is -2.14. The van der Waals surface area contributed by atoms with Crippen molar-refractivity contribution in [2.75, 3.05) is 46.8 Å². The number of hydrogen-bond donors (Lipinski definition) is 1. The van der Waals surface area contributed by atoms with Crippen molar-refractivity contribution >= 4 is 15.9 Å². The van der Waals surface area contributed by atoms with E-state index >= 15 is 0 Å². The highest BCUT2D eigenvalue weighted by Crippen LogP contribution is 2.28. The van der Waals surface area contributed by atoms with E-state index in [-0.39, 0.29) is 0 Å². The number of benzene rings is 1. The number of hydrogen-bond acceptors (Lipinski definition) is 5. The fourth-order valence-corrected chi connectivity index (χ4v) is 2.03. The molecule has 0 radical (unpaired) electrons. The van der Waals surface area contributed by atoms with E-state index in [0.29, 0.717) is 45.4 Å². The summed E-state index contributed by atoms with van der Waals surface area (Å²) in [6.07, 6.45) is -0.576. The largest absolute Gasteiger partial charge is 0.491 e. The van der Waals surface area contributed by atoms with Gasteiger partial charge in [-0.2, -0.15) is 0 Å². The zero-order chi connectivity index (χ0) is 15.5. The van der Waals surface area contributed by atoms with Crippen LogP contribution in [0.4, 0.5) is 0 Å². The third-order valence-electron chi connectivity index (χ3n) is 2.71. The summed E-state index contributed by atoms with van der Waals surface area (Å²) in [6.45, 7) is 4.85. The van der Waals surface area contributed by atoms with Gasteiger partial charge in [-0.25, -0.2) is 0 Å². The summed E-state index contributed by atoms with van der Waals surface area (Å²) < 4.78 is 22.1. The topological polar surface area (TPSA) is 57.2 Å². The van der Waals surface area contributed by atoms with Crippen LogP contribution in [-0.4, -0.2) is 51.9 Å². The SMILES string of the molecule is COCCOCCOCCOc1ccc(Br)cc1C(C)O. The Morgan fingerprint density at radius 3 is 2.29 bits per heavy atom. The Balaban J connectivity index is 2.18. The first-order valence-corrected chi connectivity index (χ1v) is 7.69. The van der Waals surface area contributed by atoms with Gasteiger partial charge in [-0.3, -0.25) is 0 Å². The summed E-state index contributed by atoms with van der Waals surface area (Å²) in [4.78, 5) is 0. The van der Waals surface area contributed by atoms with E-state index in [9.17, 15) is 5.11 Å². The van der Waals surface area contributed by atoms with Crippen LogP contribution in [0.1, 0.15) is 18.6 Å². The minimum Gasteiger partial charge on any atom is -0.491 e. The van der Waals surface area contributed by atoms with Crippen molar-refractivity contribution in [2.45, 2.75) is 13.0 Å². The lowest BCUT2D eigenvalue weighted by Crippen LogP contribution is -2.13. The summed E-state index contributed by atoms with van der Waals surface area (Å²) in [5.74, 6) is 0.674. The molecule has 0 heterocycles. The van der Waals surface area contributed by atoms with E-state index in [1.165, 1.54) is 0 Å². The monoisotopic (exact) mass is 362 g/mol. The molecule has 0 saturated heterocycles. The first kappa shape index (κ1) is 18.4. The van der Waals surface area contributed by atoms with E-state index < -0.39 is 6.10 Å². The molecule has 0 aromatic heterocycles. The van der Waals surface area contributed by atoms with Gasteiger partial charge in [0.1, 0.15) is 12.4 Å². The molecule has 1 N–H and O–H groups in total. The van der Waals surface area contributed by atoms with Crippen molar-refractivity contribution in [3.05, 3.63) is 28.2 Å². The van der Waals surface area contributed by atoms with E-state index in [2.05, 4.69) is 15.9 Å². The van der Waals surface area contributed by atoms with Crippen LogP contribution in [0.2, 0.25) is 0 Å². The Morgan fingerprint density at radius 1 is 1.05 bits per heavy atom. The van der Waals surface area contributed by atoms with Crippen LogP contribution >= 0.6 is 15.9 Å². The predicted molar refractivity (Wildman–Crippen MR) is 83.8 cm³/mol. The molecule has 0 spiro atoms. The standard InChI is InChI=1S/C15H23BrO5/c1-12(17)14-11-13(16)3-4-15(14)21-10-9-20-8-7-19-6-5-18-2/h3-4,11-12,17H,5-10H2,1-2H3. The van der Waals surface area contributed by atoms with Crippen molar-refractivity contribution in [3.63, 3.8) is 0 Å². The quantitative estimate of drug-likeness (QED) is 0.613. The average Bonchev–Trinajstić information content (AvgIpc) is 2.46. The molecule has 0 saturated carbocycles. The van der Waals surface area contributed by atoms with Crippen molar-refractivity contribution < 1.29 is 24.1 Å². The molecule has 0 fully saturated rings. The first-order valence-electron chi connectivity index (χ1n) is 6.90. The van der Waals surface area contributed by atoms with Crippen molar-refractivity contribution in [1.82, 2.24) is 0 Å². The van der Waals surface area contributed by atoms with Crippen LogP contribution in [0.25, 0.3) is 0 Å². The highest BCUT2D eigenvalue weighted by molar-refractivity contribution is 9.10. The van der Waals surface area contributed by atoms with E-state index in [1.54, 1.807) is 14.0 Å². The molecular formula is C15H23BrO5. The number of methoxy groups -OCH3 is 1. The van der Waals surface area contributed by atoms with Gasteiger partial charge >= 0.3 is 0 Å². The Morgan fingerprint density at radius 2 is 1.67 bits per heavy atom. The van der Waals surface area contributed by atoms with E-state index in [4.69, 9.17) is 18.9 Å². The maximum atomic E-state index is 9.71. The fourth-order valence-electron chi connectivity index (χ4n) is 1.65. The lowest BCUT2D eigenvalue weighted by atomic mass is 10.1. The van der Waals surface area contributed by atoms with Crippen LogP contribution in [0, 0.1) is 0 Å². The number of ether oxygens (including phenoxy) is 4. The van der Waals surface area contributed by atoms with Crippen LogP contribution in [-0.2, 0) is 14.2 Å². The maximum absolute atomic E-state index is 9.71. The Bertz CT molecular complexity index is 398. The molecule has 1 rings (SSSR count). The Kier molecular flexibility index (Phi) is 9.62. The van der Waals surface area contributed by atoms with Gasteiger partial charge in [0.05, 0.1) is 39.1 Å². The summed E-state index contributed by atoms with van der Waals surface area (Å²) in [6, 6.07) is 5.57. The minimum absolute atomic E-state index is 0.430. The highest BCUT2D eigenvalue weighted by Gasteiger charge is 2.09.